The van der Waals surface area contributed by atoms with Gasteiger partial charge >= 0.3 is 5.97 Å². The first kappa shape index (κ1) is 17.7. The molecule has 1 aromatic heterocycles. The van der Waals surface area contributed by atoms with Crippen LogP contribution in [-0.2, 0) is 4.79 Å². The summed E-state index contributed by atoms with van der Waals surface area (Å²) in [5.41, 5.74) is 0.533. The Morgan fingerprint density at radius 1 is 1.08 bits per heavy atom. The maximum Gasteiger partial charge on any atom is 0.308 e. The first-order chi connectivity index (χ1) is 12.5. The average molecular weight is 357 g/mol. The summed E-state index contributed by atoms with van der Waals surface area (Å²) < 4.78 is 15.7. The van der Waals surface area contributed by atoms with Crippen LogP contribution >= 0.6 is 0 Å². The Morgan fingerprint density at radius 3 is 2.38 bits per heavy atom. The van der Waals surface area contributed by atoms with E-state index in [-0.39, 0.29) is 12.0 Å². The highest BCUT2D eigenvalue weighted by atomic mass is 16.5. The van der Waals surface area contributed by atoms with Gasteiger partial charge in [0.25, 0.3) is 5.91 Å². The zero-order chi connectivity index (χ0) is 18.5. The van der Waals surface area contributed by atoms with Crippen molar-refractivity contribution in [1.82, 2.24) is 15.1 Å². The Morgan fingerprint density at radius 2 is 1.77 bits per heavy atom. The summed E-state index contributed by atoms with van der Waals surface area (Å²) in [6, 6.07) is 9.85. The van der Waals surface area contributed by atoms with Crippen LogP contribution in [0.15, 0.2) is 36.4 Å². The van der Waals surface area contributed by atoms with Crippen LogP contribution in [0, 0.1) is 0 Å². The standard InChI is InChI=1S/C18H19N3O5/c1-12(22)25-14-5-3-13(4-6-14)18(23)21-10-9-15(11-21)26-17-8-7-16(24-2)19-20-17/h3-8,15H,9-11H2,1-2H3. The van der Waals surface area contributed by atoms with Crippen molar-refractivity contribution >= 4 is 11.9 Å². The van der Waals surface area contributed by atoms with Gasteiger partial charge in [-0.3, -0.25) is 9.59 Å². The van der Waals surface area contributed by atoms with Gasteiger partial charge in [-0.15, -0.1) is 10.2 Å². The lowest BCUT2D eigenvalue weighted by molar-refractivity contribution is -0.131. The lowest BCUT2D eigenvalue weighted by atomic mass is 10.2. The Hall–Kier alpha value is -3.16. The molecule has 26 heavy (non-hydrogen) atoms. The number of benzene rings is 1. The van der Waals surface area contributed by atoms with Crippen LogP contribution in [0.3, 0.4) is 0 Å². The van der Waals surface area contributed by atoms with Gasteiger partial charge in [-0.25, -0.2) is 0 Å². The summed E-state index contributed by atoms with van der Waals surface area (Å²) in [5.74, 6) is 0.736. The molecule has 1 atom stereocenters. The fourth-order valence-corrected chi connectivity index (χ4v) is 2.67. The zero-order valence-corrected chi connectivity index (χ0v) is 14.5. The van der Waals surface area contributed by atoms with E-state index in [4.69, 9.17) is 14.2 Å². The van der Waals surface area contributed by atoms with Crippen LogP contribution in [0.1, 0.15) is 23.7 Å². The molecule has 1 saturated heterocycles. The van der Waals surface area contributed by atoms with Crippen molar-refractivity contribution in [3.8, 4) is 17.5 Å². The van der Waals surface area contributed by atoms with Crippen molar-refractivity contribution in [1.29, 1.82) is 0 Å². The Balaban J connectivity index is 1.57. The van der Waals surface area contributed by atoms with E-state index in [9.17, 15) is 9.59 Å². The lowest BCUT2D eigenvalue weighted by Crippen LogP contribution is -2.31. The lowest BCUT2D eigenvalue weighted by Gasteiger charge is -2.17. The molecule has 3 rings (SSSR count). The Kier molecular flexibility index (Phi) is 5.31. The Bertz CT molecular complexity index is 776. The van der Waals surface area contributed by atoms with Crippen LogP contribution in [0.25, 0.3) is 0 Å². The normalized spacial score (nSPS) is 16.2. The van der Waals surface area contributed by atoms with Gasteiger partial charge in [0.2, 0.25) is 11.8 Å². The number of ether oxygens (including phenoxy) is 3. The van der Waals surface area contributed by atoms with Crippen LogP contribution in [0.5, 0.6) is 17.5 Å². The van der Waals surface area contributed by atoms with Crippen molar-refractivity contribution in [3.05, 3.63) is 42.0 Å². The maximum atomic E-state index is 12.6. The van der Waals surface area contributed by atoms with Crippen molar-refractivity contribution in [2.45, 2.75) is 19.4 Å². The molecule has 1 aromatic carbocycles. The highest BCUT2D eigenvalue weighted by Gasteiger charge is 2.28. The van der Waals surface area contributed by atoms with Gasteiger partial charge in [0.15, 0.2) is 0 Å². The highest BCUT2D eigenvalue weighted by Crippen LogP contribution is 2.20. The minimum atomic E-state index is -0.398. The third kappa shape index (κ3) is 4.27. The van der Waals surface area contributed by atoms with Gasteiger partial charge in [0.05, 0.1) is 13.7 Å². The van der Waals surface area contributed by atoms with Gasteiger partial charge < -0.3 is 19.1 Å². The third-order valence-electron chi connectivity index (χ3n) is 3.91. The van der Waals surface area contributed by atoms with Crippen LogP contribution in [0.2, 0.25) is 0 Å². The third-order valence-corrected chi connectivity index (χ3v) is 3.91. The van der Waals surface area contributed by atoms with Gasteiger partial charge in [-0.1, -0.05) is 0 Å². The summed E-state index contributed by atoms with van der Waals surface area (Å²) in [5, 5.41) is 7.79. The molecule has 0 spiro atoms. The van der Waals surface area contributed by atoms with E-state index in [2.05, 4.69) is 10.2 Å². The number of carbonyl (C=O) groups excluding carboxylic acids is 2. The molecule has 2 heterocycles. The summed E-state index contributed by atoms with van der Waals surface area (Å²) in [6.45, 7) is 2.40. The molecule has 1 aliphatic heterocycles. The number of aromatic nitrogens is 2. The topological polar surface area (TPSA) is 90.8 Å². The fraction of sp³-hybridized carbons (Fsp3) is 0.333. The fourth-order valence-electron chi connectivity index (χ4n) is 2.67. The smallest absolute Gasteiger partial charge is 0.308 e. The van der Waals surface area contributed by atoms with E-state index >= 15 is 0 Å². The molecule has 136 valence electrons. The average Bonchev–Trinajstić information content (AvgIpc) is 3.10. The SMILES string of the molecule is COc1ccc(OC2CCN(C(=O)c3ccc(OC(C)=O)cc3)C2)nn1. The van der Waals surface area contributed by atoms with E-state index in [1.165, 1.54) is 14.0 Å². The molecule has 1 fully saturated rings. The predicted molar refractivity (Wildman–Crippen MR) is 91.3 cm³/mol. The number of methoxy groups -OCH3 is 1. The van der Waals surface area contributed by atoms with Crippen molar-refractivity contribution in [2.75, 3.05) is 20.2 Å². The Labute approximate surface area is 150 Å². The molecule has 0 bridgehead atoms. The van der Waals surface area contributed by atoms with Crippen LogP contribution in [0.4, 0.5) is 0 Å². The number of carbonyl (C=O) groups is 2. The van der Waals surface area contributed by atoms with E-state index < -0.39 is 5.97 Å². The molecule has 2 aromatic rings. The van der Waals surface area contributed by atoms with Gasteiger partial charge in [0.1, 0.15) is 11.9 Å². The molecule has 1 amide bonds. The zero-order valence-electron chi connectivity index (χ0n) is 14.5. The number of hydrogen-bond acceptors (Lipinski definition) is 7. The molecule has 1 aliphatic rings. The van der Waals surface area contributed by atoms with Crippen molar-refractivity contribution in [3.63, 3.8) is 0 Å². The second-order valence-electron chi connectivity index (χ2n) is 5.81. The molecule has 0 aliphatic carbocycles. The first-order valence-electron chi connectivity index (χ1n) is 8.17. The minimum absolute atomic E-state index is 0.0914. The van der Waals surface area contributed by atoms with Crippen molar-refractivity contribution < 1.29 is 23.8 Å². The van der Waals surface area contributed by atoms with Crippen LogP contribution < -0.4 is 14.2 Å². The van der Waals surface area contributed by atoms with Gasteiger partial charge in [0, 0.05) is 37.6 Å². The van der Waals surface area contributed by atoms with Gasteiger partial charge in [-0.05, 0) is 24.3 Å². The second-order valence-corrected chi connectivity index (χ2v) is 5.81. The van der Waals surface area contributed by atoms with E-state index in [0.29, 0.717) is 42.6 Å². The predicted octanol–water partition coefficient (Wildman–Crippen LogP) is 1.70. The summed E-state index contributed by atoms with van der Waals surface area (Å²) >= 11 is 0. The largest absolute Gasteiger partial charge is 0.480 e. The molecular formula is C18H19N3O5. The second kappa shape index (κ2) is 7.81. The number of esters is 1. The summed E-state index contributed by atoms with van der Waals surface area (Å²) in [6.07, 6.45) is 0.576. The van der Waals surface area contributed by atoms with E-state index in [0.717, 1.165) is 0 Å². The van der Waals surface area contributed by atoms with Crippen molar-refractivity contribution in [2.24, 2.45) is 0 Å². The summed E-state index contributed by atoms with van der Waals surface area (Å²) in [4.78, 5) is 25.2. The molecule has 8 heteroatoms. The molecule has 0 saturated carbocycles. The molecule has 0 radical (unpaired) electrons. The summed E-state index contributed by atoms with van der Waals surface area (Å²) in [7, 11) is 1.52. The van der Waals surface area contributed by atoms with Gasteiger partial charge in [-0.2, -0.15) is 0 Å². The monoisotopic (exact) mass is 357 g/mol. The molecular weight excluding hydrogens is 338 g/mol. The van der Waals surface area contributed by atoms with E-state index in [1.807, 2.05) is 0 Å². The number of likely N-dealkylation sites (tertiary alicyclic amines) is 1. The number of rotatable bonds is 5. The number of nitrogens with zero attached hydrogens (tertiary/aromatic N) is 3. The van der Waals surface area contributed by atoms with Crippen LogP contribution in [-0.4, -0.2) is 53.3 Å². The number of hydrogen-bond donors (Lipinski definition) is 0. The first-order valence-corrected chi connectivity index (χ1v) is 8.17. The van der Waals surface area contributed by atoms with E-state index in [1.54, 1.807) is 41.3 Å². The minimum Gasteiger partial charge on any atom is -0.480 e. The highest BCUT2D eigenvalue weighted by molar-refractivity contribution is 5.94. The molecule has 0 N–H and O–H groups in total. The number of amides is 1. The molecule has 1 unspecified atom stereocenters. The quantitative estimate of drug-likeness (QED) is 0.594. The maximum absolute atomic E-state index is 12.6. The molecule has 8 nitrogen and oxygen atoms in total.